The summed E-state index contributed by atoms with van der Waals surface area (Å²) in [7, 11) is 0. The van der Waals surface area contributed by atoms with Crippen molar-refractivity contribution in [2.75, 3.05) is 36.0 Å². The smallest absolute Gasteiger partial charge is 0.512 e. The molecule has 2 aliphatic rings. The molecule has 0 spiro atoms. The Morgan fingerprint density at radius 3 is 1.36 bits per heavy atom. The number of nitrogens with zero attached hydrogens (tertiary/aromatic N) is 6. The van der Waals surface area contributed by atoms with Gasteiger partial charge in [0, 0.05) is 30.7 Å². The third kappa shape index (κ3) is 9.57. The quantitative estimate of drug-likeness (QED) is 0.0877. The summed E-state index contributed by atoms with van der Waals surface area (Å²) in [6.07, 6.45) is -9.30. The Labute approximate surface area is 368 Å². The predicted molar refractivity (Wildman–Crippen MR) is 207 cm³/mol. The summed E-state index contributed by atoms with van der Waals surface area (Å²) in [6.45, 7) is 7.95. The van der Waals surface area contributed by atoms with E-state index in [-0.39, 0.29) is 97.4 Å². The molecule has 0 aliphatic carbocycles. The van der Waals surface area contributed by atoms with E-state index in [1.165, 1.54) is 24.3 Å². The summed E-state index contributed by atoms with van der Waals surface area (Å²) in [4.78, 5) is 11.8. The predicted octanol–water partition coefficient (Wildman–Crippen LogP) is 12.8. The number of aromatic nitrogens is 2. The Balaban J connectivity index is 0.000000283. The molecule has 2 aromatic heterocycles. The van der Waals surface area contributed by atoms with Gasteiger partial charge >= 0.3 is 29.4 Å². The fourth-order valence-corrected chi connectivity index (χ4v) is 7.90. The summed E-state index contributed by atoms with van der Waals surface area (Å²) in [5.74, 6) is 0.895. The second-order valence-electron chi connectivity index (χ2n) is 12.7. The fourth-order valence-electron chi connectivity index (χ4n) is 6.48. The van der Waals surface area contributed by atoms with E-state index in [0.717, 1.165) is 4.47 Å². The van der Waals surface area contributed by atoms with E-state index < -0.39 is 23.2 Å². The van der Waals surface area contributed by atoms with Gasteiger partial charge in [-0.2, -0.15) is 31.6 Å². The van der Waals surface area contributed by atoms with Gasteiger partial charge in [0.25, 0.3) is 0 Å². The molecule has 0 saturated carbocycles. The van der Waals surface area contributed by atoms with Gasteiger partial charge in [-0.3, -0.25) is 0 Å². The van der Waals surface area contributed by atoms with Gasteiger partial charge in [0.2, 0.25) is 0 Å². The van der Waals surface area contributed by atoms with Crippen LogP contribution in [0.4, 0.5) is 38.0 Å². The molecule has 0 radical (unpaired) electrons. The molecule has 2 aliphatic heterocycles. The van der Waals surface area contributed by atoms with Crippen molar-refractivity contribution in [3.8, 4) is 6.07 Å². The van der Waals surface area contributed by atoms with E-state index in [9.17, 15) is 26.3 Å². The second-order valence-corrected chi connectivity index (χ2v) is 15.9. The second kappa shape index (κ2) is 18.7. The van der Waals surface area contributed by atoms with Gasteiger partial charge in [-0.25, -0.2) is 9.97 Å². The first-order valence-electron chi connectivity index (χ1n) is 15.8. The average molecular weight is 1010 g/mol. The van der Waals surface area contributed by atoms with Crippen LogP contribution in [0.3, 0.4) is 0 Å². The zero-order valence-corrected chi connectivity index (χ0v) is 35.8. The van der Waals surface area contributed by atoms with E-state index in [0.29, 0.717) is 28.6 Å². The Hall–Kier alpha value is -2.36. The average Bonchev–Trinajstić information content (AvgIpc) is 3.79. The Morgan fingerprint density at radius 2 is 1.04 bits per heavy atom. The van der Waals surface area contributed by atoms with Gasteiger partial charge in [-0.05, 0) is 102 Å². The Morgan fingerprint density at radius 1 is 0.679 bits per heavy atom. The van der Waals surface area contributed by atoms with Crippen molar-refractivity contribution < 1.29 is 43.4 Å². The van der Waals surface area contributed by atoms with E-state index in [4.69, 9.17) is 86.7 Å². The number of anilines is 2. The SMILES string of the molecule is Cc1nc(N2CCC(c3cc(Cl)c(Cl)c(Cl)c3)(C(F)(F)F)C2)ccc1Br.Cc1nc(N2CCC(c3cc(Cl)c(Cl)c(Cl)c3)(C(F)(F)F)C2)ccc1C#N.[C-]#N.[Cu+]. The molecule has 2 fully saturated rings. The van der Waals surface area contributed by atoms with Crippen LogP contribution in [0.5, 0.6) is 0 Å². The number of hydrogen-bond acceptors (Lipinski definition) is 6. The molecule has 2 aromatic carbocycles. The van der Waals surface area contributed by atoms with Gasteiger partial charge in [-0.15, -0.1) is 0 Å². The van der Waals surface area contributed by atoms with Crippen LogP contribution < -0.4 is 9.80 Å². The summed E-state index contributed by atoms with van der Waals surface area (Å²) >= 11 is 39.1. The zero-order chi connectivity index (χ0) is 41.3. The van der Waals surface area contributed by atoms with E-state index in [2.05, 4.69) is 25.9 Å². The zero-order valence-electron chi connectivity index (χ0n) is 28.8. The molecule has 302 valence electrons. The Kier molecular flexibility index (Phi) is 16.0. The van der Waals surface area contributed by atoms with Crippen LogP contribution >= 0.6 is 85.5 Å². The molecule has 56 heavy (non-hydrogen) atoms. The van der Waals surface area contributed by atoms with E-state index in [1.807, 2.05) is 6.07 Å². The van der Waals surface area contributed by atoms with Crippen molar-refractivity contribution in [2.24, 2.45) is 0 Å². The first kappa shape index (κ1) is 48.0. The molecule has 4 heterocycles. The van der Waals surface area contributed by atoms with E-state index in [1.54, 1.807) is 47.9 Å². The minimum Gasteiger partial charge on any atom is -0.512 e. The normalized spacial score (nSPS) is 19.3. The molecular weight excluding hydrogens is 987 g/mol. The Bertz CT molecular complexity index is 2110. The van der Waals surface area contributed by atoms with Crippen LogP contribution in [0.15, 0.2) is 53.0 Å². The minimum absolute atomic E-state index is 0. The van der Waals surface area contributed by atoms with Gasteiger partial charge in [-0.1, -0.05) is 69.6 Å². The van der Waals surface area contributed by atoms with Gasteiger partial charge < -0.3 is 21.6 Å². The monoisotopic (exact) mass is 1010 g/mol. The van der Waals surface area contributed by atoms with Crippen molar-refractivity contribution in [3.05, 3.63) is 118 Å². The molecule has 0 amide bonds. The number of alkyl halides is 6. The topological polar surface area (TPSA) is 79.8 Å². The van der Waals surface area contributed by atoms with Gasteiger partial charge in [0.15, 0.2) is 0 Å². The summed E-state index contributed by atoms with van der Waals surface area (Å²) in [5, 5.41) is 15.3. The van der Waals surface area contributed by atoms with Crippen LogP contribution in [-0.2, 0) is 27.9 Å². The van der Waals surface area contributed by atoms with Gasteiger partial charge in [0.1, 0.15) is 28.5 Å². The standard InChI is InChI=1S/C18H13Cl3F3N3.C17H13BrCl3F3N2.CN.Cu/c1-10-11(8-25)2-3-15(26-10)27-5-4-17(9-27,18(22,23)24)12-6-13(19)16(21)14(20)7-12;1-9-11(18)2-3-14(25-9)26-5-4-16(8-26,17(22,23)24)10-6-12(19)15(21)13(20)7-10;1-2;/h2-3,6-7H,4-5,9H2,1H3;2-3,6-7H,4-5,8H2,1H3;;/q;;-1;+1. The van der Waals surface area contributed by atoms with Crippen molar-refractivity contribution in [1.82, 2.24) is 9.97 Å². The maximum atomic E-state index is 14.1. The van der Waals surface area contributed by atoms with Crippen LogP contribution in [0, 0.1) is 37.0 Å². The maximum Gasteiger partial charge on any atom is 1.00 e. The molecule has 0 N–H and O–H groups in total. The third-order valence-electron chi connectivity index (χ3n) is 9.54. The molecule has 4 aromatic rings. The molecule has 2 saturated heterocycles. The number of rotatable bonds is 4. The van der Waals surface area contributed by atoms with Gasteiger partial charge in [0.05, 0.1) is 47.1 Å². The van der Waals surface area contributed by atoms with Crippen LogP contribution in [0.1, 0.15) is 40.9 Å². The summed E-state index contributed by atoms with van der Waals surface area (Å²) in [6, 6.07) is 13.6. The summed E-state index contributed by atoms with van der Waals surface area (Å²) in [5.41, 5.74) is -2.68. The molecular formula is C36H26BrCl6CuF6N6. The first-order chi connectivity index (χ1) is 25.6. The van der Waals surface area contributed by atoms with Crippen molar-refractivity contribution in [2.45, 2.75) is 49.9 Å². The largest absolute Gasteiger partial charge is 1.00 e. The number of nitriles is 1. The van der Waals surface area contributed by atoms with Crippen molar-refractivity contribution in [1.29, 1.82) is 10.5 Å². The maximum absolute atomic E-state index is 14.1. The molecule has 6 rings (SSSR count). The number of aryl methyl sites for hydroxylation is 2. The number of hydrogen-bond donors (Lipinski definition) is 0. The molecule has 20 heteroatoms. The van der Waals surface area contributed by atoms with Crippen LogP contribution in [0.2, 0.25) is 30.1 Å². The molecule has 6 nitrogen and oxygen atoms in total. The van der Waals surface area contributed by atoms with Crippen LogP contribution in [-0.4, -0.2) is 48.5 Å². The molecule has 0 bridgehead atoms. The van der Waals surface area contributed by atoms with Crippen LogP contribution in [0.25, 0.3) is 0 Å². The first-order valence-corrected chi connectivity index (χ1v) is 18.9. The number of pyridine rings is 2. The fraction of sp³-hybridized carbons (Fsp3) is 0.333. The molecule has 2 unspecified atom stereocenters. The number of halogens is 13. The van der Waals surface area contributed by atoms with Crippen molar-refractivity contribution >= 4 is 97.2 Å². The van der Waals surface area contributed by atoms with Crippen molar-refractivity contribution in [3.63, 3.8) is 0 Å². The summed E-state index contributed by atoms with van der Waals surface area (Å²) < 4.78 is 85.6. The number of benzene rings is 2. The minimum atomic E-state index is -4.52. The molecule has 2 atom stereocenters. The van der Waals surface area contributed by atoms with E-state index >= 15 is 0 Å². The third-order valence-corrected chi connectivity index (χ3v) is 12.8.